The molecule has 2 atom stereocenters. The summed E-state index contributed by atoms with van der Waals surface area (Å²) in [4.78, 5) is 16.4. The van der Waals surface area contributed by atoms with Gasteiger partial charge in [0.1, 0.15) is 5.76 Å². The summed E-state index contributed by atoms with van der Waals surface area (Å²) in [6.45, 7) is 7.96. The molecule has 0 bridgehead atoms. The van der Waals surface area contributed by atoms with Crippen LogP contribution in [0.15, 0.2) is 4.42 Å². The van der Waals surface area contributed by atoms with Crippen LogP contribution in [0.3, 0.4) is 0 Å². The zero-order chi connectivity index (χ0) is 13.3. The summed E-state index contributed by atoms with van der Waals surface area (Å²) in [6.07, 6.45) is 3.63. The zero-order valence-corrected chi connectivity index (χ0v) is 11.6. The van der Waals surface area contributed by atoms with Crippen LogP contribution in [0.5, 0.6) is 0 Å². The molecule has 1 aromatic rings. The van der Waals surface area contributed by atoms with Crippen LogP contribution >= 0.6 is 0 Å². The number of hydrogen-bond acceptors (Lipinski definition) is 3. The third-order valence-electron chi connectivity index (χ3n) is 3.96. The molecule has 18 heavy (non-hydrogen) atoms. The van der Waals surface area contributed by atoms with Gasteiger partial charge in [-0.25, -0.2) is 4.98 Å². The van der Waals surface area contributed by atoms with Gasteiger partial charge in [0.25, 0.3) is 5.91 Å². The van der Waals surface area contributed by atoms with E-state index in [-0.39, 0.29) is 11.9 Å². The number of nitrogens with one attached hydrogen (secondary N) is 1. The van der Waals surface area contributed by atoms with E-state index in [1.54, 1.807) is 13.8 Å². The van der Waals surface area contributed by atoms with Crippen LogP contribution in [0, 0.1) is 25.7 Å². The second-order valence-electron chi connectivity index (χ2n) is 5.52. The number of nitrogens with zero attached hydrogens (tertiary/aromatic N) is 1. The minimum atomic E-state index is -0.102. The van der Waals surface area contributed by atoms with Crippen molar-refractivity contribution in [2.45, 2.75) is 53.0 Å². The zero-order valence-electron chi connectivity index (χ0n) is 11.6. The summed E-state index contributed by atoms with van der Waals surface area (Å²) in [5, 5.41) is 3.13. The summed E-state index contributed by atoms with van der Waals surface area (Å²) in [5.41, 5.74) is 0.428. The molecule has 0 saturated heterocycles. The van der Waals surface area contributed by atoms with Gasteiger partial charge in [-0.05, 0) is 31.6 Å². The molecule has 0 aliphatic heterocycles. The quantitative estimate of drug-likeness (QED) is 0.878. The summed E-state index contributed by atoms with van der Waals surface area (Å²) in [7, 11) is 0. The molecular weight excluding hydrogens is 228 g/mol. The van der Waals surface area contributed by atoms with Crippen molar-refractivity contribution in [1.29, 1.82) is 0 Å². The van der Waals surface area contributed by atoms with Crippen LogP contribution in [0.4, 0.5) is 0 Å². The Hall–Kier alpha value is -1.32. The van der Waals surface area contributed by atoms with Crippen molar-refractivity contribution >= 4 is 5.91 Å². The average Bonchev–Trinajstić information content (AvgIpc) is 2.63. The molecule has 1 aliphatic rings. The topological polar surface area (TPSA) is 55.1 Å². The molecular formula is C14H22N2O2. The Labute approximate surface area is 108 Å². The highest BCUT2D eigenvalue weighted by Crippen LogP contribution is 2.29. The predicted molar refractivity (Wildman–Crippen MR) is 69.4 cm³/mol. The maximum absolute atomic E-state index is 12.2. The smallest absolute Gasteiger partial charge is 0.273 e. The minimum Gasteiger partial charge on any atom is -0.445 e. The van der Waals surface area contributed by atoms with Gasteiger partial charge in [-0.2, -0.15) is 0 Å². The molecule has 2 unspecified atom stereocenters. The lowest BCUT2D eigenvalue weighted by molar-refractivity contribution is 0.0874. The third kappa shape index (κ3) is 2.57. The van der Waals surface area contributed by atoms with Gasteiger partial charge in [-0.3, -0.25) is 4.79 Å². The largest absolute Gasteiger partial charge is 0.445 e. The number of carbonyl (C=O) groups is 1. The SMILES string of the molecule is Cc1nc(C(=O)NC2C(C)CCCC2C)c(C)o1. The van der Waals surface area contributed by atoms with Crippen LogP contribution in [-0.2, 0) is 0 Å². The number of rotatable bonds is 2. The number of oxazole rings is 1. The van der Waals surface area contributed by atoms with Gasteiger partial charge in [0.2, 0.25) is 0 Å². The highest BCUT2D eigenvalue weighted by molar-refractivity contribution is 5.93. The highest BCUT2D eigenvalue weighted by Gasteiger charge is 2.30. The standard InChI is InChI=1S/C14H22N2O2/c1-8-6-5-7-9(2)12(8)16-14(17)13-10(3)18-11(4)15-13/h8-9,12H,5-7H2,1-4H3,(H,16,17). The van der Waals surface area contributed by atoms with Crippen LogP contribution < -0.4 is 5.32 Å². The Balaban J connectivity index is 2.08. The van der Waals surface area contributed by atoms with Crippen molar-refractivity contribution in [3.8, 4) is 0 Å². The van der Waals surface area contributed by atoms with Crippen molar-refractivity contribution in [3.05, 3.63) is 17.3 Å². The first kappa shape index (κ1) is 13.1. The van der Waals surface area contributed by atoms with Gasteiger partial charge < -0.3 is 9.73 Å². The molecule has 0 radical (unpaired) electrons. The van der Waals surface area contributed by atoms with E-state index in [2.05, 4.69) is 24.1 Å². The molecule has 2 rings (SSSR count). The number of aryl methyl sites for hydroxylation is 2. The maximum Gasteiger partial charge on any atom is 0.273 e. The first-order chi connectivity index (χ1) is 8.49. The van der Waals surface area contributed by atoms with E-state index < -0.39 is 0 Å². The molecule has 0 spiro atoms. The summed E-state index contributed by atoms with van der Waals surface area (Å²) in [5.74, 6) is 2.11. The van der Waals surface area contributed by atoms with E-state index in [0.717, 1.165) is 0 Å². The van der Waals surface area contributed by atoms with E-state index in [0.29, 0.717) is 29.2 Å². The Kier molecular flexibility index (Phi) is 3.73. The molecule has 1 amide bonds. The second-order valence-corrected chi connectivity index (χ2v) is 5.52. The summed E-state index contributed by atoms with van der Waals surface area (Å²) < 4.78 is 5.31. The highest BCUT2D eigenvalue weighted by atomic mass is 16.4. The van der Waals surface area contributed by atoms with E-state index in [4.69, 9.17) is 4.42 Å². The molecule has 1 heterocycles. The van der Waals surface area contributed by atoms with E-state index in [9.17, 15) is 4.79 Å². The number of aromatic nitrogens is 1. The van der Waals surface area contributed by atoms with E-state index >= 15 is 0 Å². The first-order valence-corrected chi connectivity index (χ1v) is 6.74. The van der Waals surface area contributed by atoms with Gasteiger partial charge in [0.05, 0.1) is 0 Å². The average molecular weight is 250 g/mol. The lowest BCUT2D eigenvalue weighted by Crippen LogP contribution is -2.46. The third-order valence-corrected chi connectivity index (χ3v) is 3.96. The Morgan fingerprint density at radius 3 is 2.39 bits per heavy atom. The van der Waals surface area contributed by atoms with Crippen molar-refractivity contribution in [2.24, 2.45) is 11.8 Å². The van der Waals surface area contributed by atoms with Gasteiger partial charge >= 0.3 is 0 Å². The monoisotopic (exact) mass is 250 g/mol. The Morgan fingerprint density at radius 2 is 1.89 bits per heavy atom. The van der Waals surface area contributed by atoms with E-state index in [1.165, 1.54) is 19.3 Å². The molecule has 4 nitrogen and oxygen atoms in total. The van der Waals surface area contributed by atoms with Gasteiger partial charge in [0.15, 0.2) is 11.6 Å². The molecule has 1 N–H and O–H groups in total. The second kappa shape index (κ2) is 5.12. The summed E-state index contributed by atoms with van der Waals surface area (Å²) in [6, 6.07) is 0.252. The van der Waals surface area contributed by atoms with Crippen molar-refractivity contribution in [1.82, 2.24) is 10.3 Å². The van der Waals surface area contributed by atoms with Crippen LogP contribution in [-0.4, -0.2) is 16.9 Å². The lowest BCUT2D eigenvalue weighted by atomic mass is 9.78. The van der Waals surface area contributed by atoms with Crippen LogP contribution in [0.25, 0.3) is 0 Å². The molecule has 1 aliphatic carbocycles. The van der Waals surface area contributed by atoms with E-state index in [1.807, 2.05) is 0 Å². The Morgan fingerprint density at radius 1 is 1.28 bits per heavy atom. The molecule has 1 fully saturated rings. The van der Waals surface area contributed by atoms with Gasteiger partial charge in [-0.1, -0.05) is 20.3 Å². The normalized spacial score (nSPS) is 28.1. The fourth-order valence-corrected chi connectivity index (χ4v) is 2.93. The van der Waals surface area contributed by atoms with Crippen molar-refractivity contribution in [3.63, 3.8) is 0 Å². The van der Waals surface area contributed by atoms with Crippen LogP contribution in [0.1, 0.15) is 55.2 Å². The fraction of sp³-hybridized carbons (Fsp3) is 0.714. The van der Waals surface area contributed by atoms with Crippen LogP contribution in [0.2, 0.25) is 0 Å². The Bertz CT molecular complexity index is 429. The number of carbonyl (C=O) groups excluding carboxylic acids is 1. The molecule has 1 aromatic heterocycles. The summed E-state index contributed by atoms with van der Waals surface area (Å²) >= 11 is 0. The minimum absolute atomic E-state index is 0.102. The number of amides is 1. The predicted octanol–water partition coefficient (Wildman–Crippen LogP) is 2.85. The molecule has 1 saturated carbocycles. The number of hydrogen-bond donors (Lipinski definition) is 1. The molecule has 100 valence electrons. The van der Waals surface area contributed by atoms with Crippen molar-refractivity contribution < 1.29 is 9.21 Å². The maximum atomic E-state index is 12.2. The molecule has 0 aromatic carbocycles. The molecule has 4 heteroatoms. The van der Waals surface area contributed by atoms with Gasteiger partial charge in [0, 0.05) is 13.0 Å². The van der Waals surface area contributed by atoms with Crippen molar-refractivity contribution in [2.75, 3.05) is 0 Å². The first-order valence-electron chi connectivity index (χ1n) is 6.74. The fourth-order valence-electron chi connectivity index (χ4n) is 2.93. The van der Waals surface area contributed by atoms with Gasteiger partial charge in [-0.15, -0.1) is 0 Å². The lowest BCUT2D eigenvalue weighted by Gasteiger charge is -2.34.